The van der Waals surface area contributed by atoms with E-state index in [9.17, 15) is 5.11 Å². The van der Waals surface area contributed by atoms with E-state index in [1.807, 2.05) is 6.07 Å². The fourth-order valence-corrected chi connectivity index (χ4v) is 3.37. The van der Waals surface area contributed by atoms with Crippen LogP contribution in [0.5, 0.6) is 0 Å². The van der Waals surface area contributed by atoms with Crippen molar-refractivity contribution in [1.82, 2.24) is 9.97 Å². The molecule has 1 aromatic heterocycles. The molecule has 3 rings (SSSR count). The number of hydrogen-bond acceptors (Lipinski definition) is 6. The Morgan fingerprint density at radius 3 is 2.70 bits per heavy atom. The average Bonchev–Trinajstić information content (AvgIpc) is 2.77. The van der Waals surface area contributed by atoms with E-state index in [1.165, 1.54) is 0 Å². The van der Waals surface area contributed by atoms with Crippen LogP contribution in [0, 0.1) is 11.8 Å². The lowest BCUT2D eigenvalue weighted by Gasteiger charge is -2.34. The molecule has 2 heterocycles. The molecule has 2 aliphatic rings. The van der Waals surface area contributed by atoms with Gasteiger partial charge in [-0.15, -0.1) is 0 Å². The zero-order valence-corrected chi connectivity index (χ0v) is 12.2. The molecule has 20 heavy (non-hydrogen) atoms. The first-order chi connectivity index (χ1) is 9.62. The van der Waals surface area contributed by atoms with Gasteiger partial charge in [0.1, 0.15) is 11.6 Å². The predicted octanol–water partition coefficient (Wildman–Crippen LogP) is 0.722. The van der Waals surface area contributed by atoms with Crippen LogP contribution in [0.4, 0.5) is 17.6 Å². The van der Waals surface area contributed by atoms with Crippen molar-refractivity contribution in [1.29, 1.82) is 0 Å². The molecule has 0 radical (unpaired) electrons. The van der Waals surface area contributed by atoms with Gasteiger partial charge in [-0.05, 0) is 26.2 Å². The van der Waals surface area contributed by atoms with Crippen LogP contribution >= 0.6 is 0 Å². The van der Waals surface area contributed by atoms with Crippen LogP contribution in [0.2, 0.25) is 0 Å². The smallest absolute Gasteiger partial charge is 0.223 e. The van der Waals surface area contributed by atoms with Gasteiger partial charge in [0.15, 0.2) is 0 Å². The number of anilines is 3. The summed E-state index contributed by atoms with van der Waals surface area (Å²) in [5.41, 5.74) is 5.86. The Kier molecular flexibility index (Phi) is 3.41. The van der Waals surface area contributed by atoms with Crippen molar-refractivity contribution in [2.45, 2.75) is 26.4 Å². The van der Waals surface area contributed by atoms with Gasteiger partial charge in [0, 0.05) is 38.2 Å². The number of aliphatic hydroxyl groups is 1. The van der Waals surface area contributed by atoms with E-state index in [0.29, 0.717) is 17.8 Å². The standard InChI is InChI=1S/C14H23N5O/c1-3-18(4-2)12-6-13(17-14(15)16-12)19-7-9-5-11(20)10(9)8-19/h6,9-11,20H,3-5,7-8H2,1-2H3,(H2,15,16,17)/t9-,10+,11-/m1/s1. The Labute approximate surface area is 119 Å². The molecule has 3 atom stereocenters. The second kappa shape index (κ2) is 5.09. The second-order valence-electron chi connectivity index (χ2n) is 5.75. The van der Waals surface area contributed by atoms with Gasteiger partial charge in [-0.1, -0.05) is 0 Å². The molecule has 0 spiro atoms. The van der Waals surface area contributed by atoms with Crippen LogP contribution in [0.25, 0.3) is 0 Å². The summed E-state index contributed by atoms with van der Waals surface area (Å²) in [6.45, 7) is 7.85. The highest BCUT2D eigenvalue weighted by Gasteiger charge is 2.46. The summed E-state index contributed by atoms with van der Waals surface area (Å²) in [7, 11) is 0. The predicted molar refractivity (Wildman–Crippen MR) is 79.8 cm³/mol. The molecular formula is C14H23N5O. The van der Waals surface area contributed by atoms with Crippen LogP contribution < -0.4 is 15.5 Å². The quantitative estimate of drug-likeness (QED) is 0.844. The van der Waals surface area contributed by atoms with Crippen LogP contribution in [-0.4, -0.2) is 47.4 Å². The van der Waals surface area contributed by atoms with Gasteiger partial charge in [-0.2, -0.15) is 9.97 Å². The van der Waals surface area contributed by atoms with E-state index in [4.69, 9.17) is 5.73 Å². The van der Waals surface area contributed by atoms with Crippen LogP contribution in [0.3, 0.4) is 0 Å². The number of nitrogens with zero attached hydrogens (tertiary/aromatic N) is 4. The van der Waals surface area contributed by atoms with E-state index >= 15 is 0 Å². The van der Waals surface area contributed by atoms with E-state index in [1.54, 1.807) is 0 Å². The lowest BCUT2D eigenvalue weighted by Crippen LogP contribution is -2.39. The second-order valence-corrected chi connectivity index (χ2v) is 5.75. The molecule has 1 saturated heterocycles. The summed E-state index contributed by atoms with van der Waals surface area (Å²) in [6.07, 6.45) is 0.788. The van der Waals surface area contributed by atoms with Crippen molar-refractivity contribution in [3.63, 3.8) is 0 Å². The van der Waals surface area contributed by atoms with Crippen molar-refractivity contribution < 1.29 is 5.11 Å². The Balaban J connectivity index is 1.83. The van der Waals surface area contributed by atoms with E-state index in [-0.39, 0.29) is 6.10 Å². The molecule has 6 heteroatoms. The normalized spacial score (nSPS) is 28.1. The highest BCUT2D eigenvalue weighted by Crippen LogP contribution is 2.42. The van der Waals surface area contributed by atoms with Gasteiger partial charge in [0.05, 0.1) is 6.10 Å². The molecule has 1 aliphatic heterocycles. The van der Waals surface area contributed by atoms with Gasteiger partial charge in [0.2, 0.25) is 5.95 Å². The molecule has 6 nitrogen and oxygen atoms in total. The Bertz CT molecular complexity index is 490. The summed E-state index contributed by atoms with van der Waals surface area (Å²) in [4.78, 5) is 13.1. The third-order valence-corrected chi connectivity index (χ3v) is 4.66. The Morgan fingerprint density at radius 1 is 1.35 bits per heavy atom. The van der Waals surface area contributed by atoms with E-state index in [0.717, 1.165) is 44.2 Å². The number of rotatable bonds is 4. The zero-order chi connectivity index (χ0) is 14.3. The third kappa shape index (κ3) is 2.18. The maximum atomic E-state index is 9.76. The minimum absolute atomic E-state index is 0.133. The lowest BCUT2D eigenvalue weighted by molar-refractivity contribution is -0.00398. The van der Waals surface area contributed by atoms with Crippen LogP contribution in [-0.2, 0) is 0 Å². The molecular weight excluding hydrogens is 254 g/mol. The van der Waals surface area contributed by atoms with Crippen molar-refractivity contribution in [2.75, 3.05) is 41.7 Å². The first kappa shape index (κ1) is 13.4. The van der Waals surface area contributed by atoms with Crippen molar-refractivity contribution >= 4 is 17.6 Å². The summed E-state index contributed by atoms with van der Waals surface area (Å²) >= 11 is 0. The minimum Gasteiger partial charge on any atom is -0.393 e. The minimum atomic E-state index is -0.133. The Hall–Kier alpha value is -1.56. The summed E-state index contributed by atoms with van der Waals surface area (Å²) in [6, 6.07) is 2.01. The Morgan fingerprint density at radius 2 is 2.10 bits per heavy atom. The fraction of sp³-hybridized carbons (Fsp3) is 0.714. The fourth-order valence-electron chi connectivity index (χ4n) is 3.37. The number of nitrogens with two attached hydrogens (primary N) is 1. The lowest BCUT2D eigenvalue weighted by atomic mass is 9.74. The van der Waals surface area contributed by atoms with Crippen molar-refractivity contribution in [3.05, 3.63) is 6.07 Å². The number of nitrogen functional groups attached to an aromatic ring is 1. The van der Waals surface area contributed by atoms with Crippen LogP contribution in [0.15, 0.2) is 6.07 Å². The average molecular weight is 277 g/mol. The summed E-state index contributed by atoms with van der Waals surface area (Å²) in [5.74, 6) is 3.11. The van der Waals surface area contributed by atoms with Gasteiger partial charge >= 0.3 is 0 Å². The molecule has 2 fully saturated rings. The zero-order valence-electron chi connectivity index (χ0n) is 12.2. The van der Waals surface area contributed by atoms with Crippen molar-refractivity contribution in [2.24, 2.45) is 11.8 Å². The first-order valence-corrected chi connectivity index (χ1v) is 7.44. The van der Waals surface area contributed by atoms with Gasteiger partial charge in [-0.3, -0.25) is 0 Å². The summed E-state index contributed by atoms with van der Waals surface area (Å²) in [5, 5.41) is 9.76. The molecule has 1 aliphatic carbocycles. The van der Waals surface area contributed by atoms with Crippen molar-refractivity contribution in [3.8, 4) is 0 Å². The SMILES string of the molecule is CCN(CC)c1cc(N2C[C@H]3C[C@@H](O)[C@H]3C2)nc(N)n1. The molecule has 1 saturated carbocycles. The highest BCUT2D eigenvalue weighted by molar-refractivity contribution is 5.54. The van der Waals surface area contributed by atoms with E-state index < -0.39 is 0 Å². The monoisotopic (exact) mass is 277 g/mol. The number of aromatic nitrogens is 2. The largest absolute Gasteiger partial charge is 0.393 e. The number of hydrogen-bond donors (Lipinski definition) is 2. The maximum absolute atomic E-state index is 9.76. The number of fused-ring (bicyclic) bond motifs is 1. The highest BCUT2D eigenvalue weighted by atomic mass is 16.3. The first-order valence-electron chi connectivity index (χ1n) is 7.44. The van der Waals surface area contributed by atoms with Gasteiger partial charge in [-0.25, -0.2) is 0 Å². The van der Waals surface area contributed by atoms with E-state index in [2.05, 4.69) is 33.6 Å². The molecule has 0 unspecified atom stereocenters. The third-order valence-electron chi connectivity index (χ3n) is 4.66. The van der Waals surface area contributed by atoms with Gasteiger partial charge in [0.25, 0.3) is 0 Å². The molecule has 0 amide bonds. The topological polar surface area (TPSA) is 78.5 Å². The molecule has 0 aromatic carbocycles. The van der Waals surface area contributed by atoms with Crippen LogP contribution in [0.1, 0.15) is 20.3 Å². The molecule has 3 N–H and O–H groups in total. The van der Waals surface area contributed by atoms with Gasteiger partial charge < -0.3 is 20.6 Å². The molecule has 1 aromatic rings. The number of aliphatic hydroxyl groups excluding tert-OH is 1. The summed E-state index contributed by atoms with van der Waals surface area (Å²) < 4.78 is 0. The molecule has 0 bridgehead atoms. The molecule has 110 valence electrons. The maximum Gasteiger partial charge on any atom is 0.223 e.